The Morgan fingerprint density at radius 1 is 1.70 bits per heavy atom. The third-order valence-electron chi connectivity index (χ3n) is 1.50. The minimum atomic E-state index is -0.284. The van der Waals surface area contributed by atoms with Crippen LogP contribution in [0.3, 0.4) is 0 Å². The second-order valence-corrected chi connectivity index (χ2v) is 2.59. The summed E-state index contributed by atoms with van der Waals surface area (Å²) in [5, 5.41) is 2.69. The second-order valence-electron chi connectivity index (χ2n) is 2.59. The SMILES string of the molecule is CC(C)C1COC(=O)N1.[Li]. The molecule has 0 aromatic heterocycles. The van der Waals surface area contributed by atoms with Crippen molar-refractivity contribution in [2.75, 3.05) is 6.61 Å². The van der Waals surface area contributed by atoms with Crippen LogP contribution in [0.5, 0.6) is 0 Å². The van der Waals surface area contributed by atoms with E-state index in [0.29, 0.717) is 12.5 Å². The molecule has 0 aromatic rings. The summed E-state index contributed by atoms with van der Waals surface area (Å²) in [5.41, 5.74) is 0. The van der Waals surface area contributed by atoms with Crippen LogP contribution in [0.15, 0.2) is 0 Å². The van der Waals surface area contributed by atoms with Gasteiger partial charge in [0.05, 0.1) is 6.04 Å². The molecule has 1 unspecified atom stereocenters. The van der Waals surface area contributed by atoms with Gasteiger partial charge in [-0.15, -0.1) is 0 Å². The zero-order valence-electron chi connectivity index (χ0n) is 6.68. The van der Waals surface area contributed by atoms with Crippen LogP contribution < -0.4 is 5.32 Å². The van der Waals surface area contributed by atoms with Crippen molar-refractivity contribution in [1.29, 1.82) is 0 Å². The van der Waals surface area contributed by atoms with E-state index in [4.69, 9.17) is 0 Å². The van der Waals surface area contributed by atoms with Gasteiger partial charge >= 0.3 is 6.09 Å². The van der Waals surface area contributed by atoms with E-state index < -0.39 is 0 Å². The molecule has 0 aliphatic carbocycles. The van der Waals surface area contributed by atoms with Crippen LogP contribution in [0.1, 0.15) is 13.8 Å². The summed E-state index contributed by atoms with van der Waals surface area (Å²) in [6.07, 6.45) is -0.284. The van der Waals surface area contributed by atoms with E-state index in [1.54, 1.807) is 0 Å². The first-order valence-corrected chi connectivity index (χ1v) is 3.13. The van der Waals surface area contributed by atoms with Gasteiger partial charge in [-0.1, -0.05) is 13.8 Å². The van der Waals surface area contributed by atoms with Crippen molar-refractivity contribution in [1.82, 2.24) is 5.32 Å². The molecule has 1 saturated heterocycles. The first-order valence-electron chi connectivity index (χ1n) is 3.13. The quantitative estimate of drug-likeness (QED) is 0.529. The van der Waals surface area contributed by atoms with Crippen LogP contribution in [0.25, 0.3) is 0 Å². The summed E-state index contributed by atoms with van der Waals surface area (Å²) in [7, 11) is 0. The van der Waals surface area contributed by atoms with E-state index in [0.717, 1.165) is 0 Å². The molecule has 1 atom stereocenters. The van der Waals surface area contributed by atoms with Crippen molar-refractivity contribution < 1.29 is 9.53 Å². The van der Waals surface area contributed by atoms with Gasteiger partial charge in [0.2, 0.25) is 0 Å². The van der Waals surface area contributed by atoms with E-state index in [2.05, 4.69) is 23.9 Å². The number of carbonyl (C=O) groups excluding carboxylic acids is 1. The third-order valence-corrected chi connectivity index (χ3v) is 1.50. The van der Waals surface area contributed by atoms with Gasteiger partial charge in [0.25, 0.3) is 0 Å². The number of hydrogen-bond acceptors (Lipinski definition) is 2. The average molecular weight is 136 g/mol. The molecule has 0 aromatic carbocycles. The largest absolute Gasteiger partial charge is 0.447 e. The molecule has 1 amide bonds. The van der Waals surface area contributed by atoms with Gasteiger partial charge in [0, 0.05) is 18.9 Å². The zero-order chi connectivity index (χ0) is 6.85. The van der Waals surface area contributed by atoms with E-state index in [1.165, 1.54) is 0 Å². The monoisotopic (exact) mass is 136 g/mol. The summed E-state index contributed by atoms with van der Waals surface area (Å²) in [6, 6.07) is 0.220. The van der Waals surface area contributed by atoms with Gasteiger partial charge in [-0.2, -0.15) is 0 Å². The molecular formula is C6H11LiNO2. The number of rotatable bonds is 1. The minimum Gasteiger partial charge on any atom is -0.447 e. The normalized spacial score (nSPS) is 23.5. The standard InChI is InChI=1S/C6H11NO2.Li/c1-4(2)5-3-9-6(8)7-5;/h4-5H,3H2,1-2H3,(H,7,8);. The number of cyclic esters (lactones) is 1. The van der Waals surface area contributed by atoms with Crippen molar-refractivity contribution in [2.24, 2.45) is 5.92 Å². The van der Waals surface area contributed by atoms with E-state index in [-0.39, 0.29) is 31.0 Å². The second kappa shape index (κ2) is 3.90. The Labute approximate surface area is 72.7 Å². The molecule has 4 heteroatoms. The molecule has 10 heavy (non-hydrogen) atoms. The zero-order valence-corrected chi connectivity index (χ0v) is 6.68. The number of nitrogens with one attached hydrogen (secondary N) is 1. The number of carbonyl (C=O) groups is 1. The fourth-order valence-electron chi connectivity index (χ4n) is 0.759. The van der Waals surface area contributed by atoms with Crippen LogP contribution >= 0.6 is 0 Å². The molecule has 1 aliphatic rings. The van der Waals surface area contributed by atoms with Gasteiger partial charge in [0.15, 0.2) is 0 Å². The summed E-state index contributed by atoms with van der Waals surface area (Å²) in [6.45, 7) is 4.63. The Balaban J connectivity index is 0.000000810. The maximum absolute atomic E-state index is 10.4. The minimum absolute atomic E-state index is 0. The Bertz CT molecular complexity index is 127. The van der Waals surface area contributed by atoms with E-state index in [1.807, 2.05) is 0 Å². The Hall–Kier alpha value is -0.133. The summed E-state index contributed by atoms with van der Waals surface area (Å²) < 4.78 is 4.68. The topological polar surface area (TPSA) is 38.3 Å². The van der Waals surface area contributed by atoms with Gasteiger partial charge in [0.1, 0.15) is 6.61 Å². The fraction of sp³-hybridized carbons (Fsp3) is 0.833. The molecule has 53 valence electrons. The van der Waals surface area contributed by atoms with E-state index >= 15 is 0 Å². The molecule has 1 radical (unpaired) electrons. The van der Waals surface area contributed by atoms with Gasteiger partial charge in [-0.3, -0.25) is 0 Å². The number of ether oxygens (including phenoxy) is 1. The van der Waals surface area contributed by atoms with Gasteiger partial charge < -0.3 is 10.1 Å². The molecule has 1 aliphatic heterocycles. The Morgan fingerprint density at radius 3 is 2.50 bits per heavy atom. The molecule has 1 rings (SSSR count). The summed E-state index contributed by atoms with van der Waals surface area (Å²) >= 11 is 0. The molecular weight excluding hydrogens is 125 g/mol. The van der Waals surface area contributed by atoms with Gasteiger partial charge in [-0.05, 0) is 5.92 Å². The molecule has 3 nitrogen and oxygen atoms in total. The van der Waals surface area contributed by atoms with Crippen LogP contribution in [0.2, 0.25) is 0 Å². The predicted octanol–water partition coefficient (Wildman–Crippen LogP) is 0.370. The van der Waals surface area contributed by atoms with Crippen LogP contribution in [-0.4, -0.2) is 37.6 Å². The first kappa shape index (κ1) is 9.87. The van der Waals surface area contributed by atoms with Crippen LogP contribution in [0, 0.1) is 5.92 Å². The van der Waals surface area contributed by atoms with Crippen LogP contribution in [0.4, 0.5) is 4.79 Å². The van der Waals surface area contributed by atoms with Crippen molar-refractivity contribution >= 4 is 25.0 Å². The Morgan fingerprint density at radius 2 is 2.30 bits per heavy atom. The molecule has 1 N–H and O–H groups in total. The average Bonchev–Trinajstić information content (AvgIpc) is 2.14. The molecule has 0 saturated carbocycles. The van der Waals surface area contributed by atoms with Crippen LogP contribution in [-0.2, 0) is 4.74 Å². The van der Waals surface area contributed by atoms with Crippen molar-refractivity contribution in [3.05, 3.63) is 0 Å². The van der Waals surface area contributed by atoms with E-state index in [9.17, 15) is 4.79 Å². The maximum atomic E-state index is 10.4. The van der Waals surface area contributed by atoms with Crippen molar-refractivity contribution in [3.8, 4) is 0 Å². The fourth-order valence-corrected chi connectivity index (χ4v) is 0.759. The number of alkyl carbamates (subject to hydrolysis) is 1. The molecule has 1 fully saturated rings. The summed E-state index contributed by atoms with van der Waals surface area (Å²) in [5.74, 6) is 0.469. The number of hydrogen-bond donors (Lipinski definition) is 1. The van der Waals surface area contributed by atoms with Gasteiger partial charge in [-0.25, -0.2) is 4.79 Å². The number of amides is 1. The van der Waals surface area contributed by atoms with Crippen molar-refractivity contribution in [2.45, 2.75) is 19.9 Å². The molecule has 1 heterocycles. The molecule has 0 spiro atoms. The third kappa shape index (κ3) is 2.24. The maximum Gasteiger partial charge on any atom is 0.407 e. The molecule has 0 bridgehead atoms. The summed E-state index contributed by atoms with van der Waals surface area (Å²) in [4.78, 5) is 10.4. The predicted molar refractivity (Wildman–Crippen MR) is 38.9 cm³/mol. The Kier molecular flexibility index (Phi) is 3.85. The van der Waals surface area contributed by atoms with Crippen molar-refractivity contribution in [3.63, 3.8) is 0 Å². The first-order chi connectivity index (χ1) is 4.20. The smallest absolute Gasteiger partial charge is 0.407 e.